The highest BCUT2D eigenvalue weighted by Crippen LogP contribution is 2.17. The van der Waals surface area contributed by atoms with E-state index in [-0.39, 0.29) is 5.91 Å². The first-order chi connectivity index (χ1) is 10.3. The molecule has 0 saturated carbocycles. The first kappa shape index (κ1) is 13.1. The van der Waals surface area contributed by atoms with E-state index in [1.807, 2.05) is 60.8 Å². The van der Waals surface area contributed by atoms with Crippen molar-refractivity contribution < 1.29 is 4.79 Å². The van der Waals surface area contributed by atoms with Crippen LogP contribution in [0.15, 0.2) is 65.9 Å². The molecule has 4 heteroatoms. The van der Waals surface area contributed by atoms with Crippen LogP contribution >= 0.6 is 0 Å². The third-order valence-corrected chi connectivity index (χ3v) is 3.23. The lowest BCUT2D eigenvalue weighted by Crippen LogP contribution is -2.19. The molecule has 104 valence electrons. The zero-order valence-electron chi connectivity index (χ0n) is 11.4. The number of para-hydroxylation sites is 1. The highest BCUT2D eigenvalue weighted by atomic mass is 16.2. The third-order valence-electron chi connectivity index (χ3n) is 3.23. The SMILES string of the molecule is O=C(Cc1c[nH]c2ccccc12)NN=Cc1ccccc1. The smallest absolute Gasteiger partial charge is 0.244 e. The molecule has 0 bridgehead atoms. The molecule has 21 heavy (non-hydrogen) atoms. The molecule has 1 amide bonds. The number of nitrogens with one attached hydrogen (secondary N) is 2. The molecule has 2 N–H and O–H groups in total. The van der Waals surface area contributed by atoms with Crippen molar-refractivity contribution in [1.29, 1.82) is 0 Å². The average molecular weight is 277 g/mol. The van der Waals surface area contributed by atoms with Gasteiger partial charge in [0.05, 0.1) is 12.6 Å². The van der Waals surface area contributed by atoms with E-state index >= 15 is 0 Å². The van der Waals surface area contributed by atoms with Gasteiger partial charge in [-0.2, -0.15) is 5.10 Å². The zero-order valence-corrected chi connectivity index (χ0v) is 11.4. The van der Waals surface area contributed by atoms with E-state index in [2.05, 4.69) is 15.5 Å². The van der Waals surface area contributed by atoms with Crippen LogP contribution in [-0.4, -0.2) is 17.1 Å². The molecule has 3 aromatic rings. The molecule has 0 aliphatic heterocycles. The summed E-state index contributed by atoms with van der Waals surface area (Å²) in [6.07, 6.45) is 3.80. The summed E-state index contributed by atoms with van der Waals surface area (Å²) in [5.74, 6) is -0.132. The molecule has 0 saturated heterocycles. The third kappa shape index (κ3) is 3.17. The minimum Gasteiger partial charge on any atom is -0.361 e. The molecule has 0 atom stereocenters. The Morgan fingerprint density at radius 3 is 2.71 bits per heavy atom. The van der Waals surface area contributed by atoms with Crippen molar-refractivity contribution in [2.24, 2.45) is 5.10 Å². The number of benzene rings is 2. The van der Waals surface area contributed by atoms with Gasteiger partial charge >= 0.3 is 0 Å². The highest BCUT2D eigenvalue weighted by molar-refractivity contribution is 5.89. The fourth-order valence-electron chi connectivity index (χ4n) is 2.21. The van der Waals surface area contributed by atoms with Crippen LogP contribution in [0, 0.1) is 0 Å². The number of H-pyrrole nitrogens is 1. The Morgan fingerprint density at radius 2 is 1.86 bits per heavy atom. The topological polar surface area (TPSA) is 57.2 Å². The largest absolute Gasteiger partial charge is 0.361 e. The molecule has 1 heterocycles. The van der Waals surface area contributed by atoms with Gasteiger partial charge in [0.15, 0.2) is 0 Å². The highest BCUT2D eigenvalue weighted by Gasteiger charge is 2.07. The summed E-state index contributed by atoms with van der Waals surface area (Å²) >= 11 is 0. The number of aromatic nitrogens is 1. The summed E-state index contributed by atoms with van der Waals surface area (Å²) in [4.78, 5) is 15.1. The molecule has 0 aliphatic carbocycles. The van der Waals surface area contributed by atoms with Gasteiger partial charge in [-0.15, -0.1) is 0 Å². The Hall–Kier alpha value is -2.88. The predicted molar refractivity (Wildman–Crippen MR) is 84.2 cm³/mol. The quantitative estimate of drug-likeness (QED) is 0.559. The molecule has 4 nitrogen and oxygen atoms in total. The van der Waals surface area contributed by atoms with Crippen molar-refractivity contribution in [2.75, 3.05) is 0 Å². The van der Waals surface area contributed by atoms with Crippen molar-refractivity contribution in [3.63, 3.8) is 0 Å². The first-order valence-corrected chi connectivity index (χ1v) is 6.75. The van der Waals surface area contributed by atoms with Crippen LogP contribution in [0.5, 0.6) is 0 Å². The van der Waals surface area contributed by atoms with Crippen LogP contribution < -0.4 is 5.43 Å². The van der Waals surface area contributed by atoms with Gasteiger partial charge in [-0.25, -0.2) is 5.43 Å². The van der Waals surface area contributed by atoms with E-state index in [1.54, 1.807) is 6.21 Å². The van der Waals surface area contributed by atoms with Crippen LogP contribution in [0.25, 0.3) is 10.9 Å². The van der Waals surface area contributed by atoms with Gasteiger partial charge in [0.25, 0.3) is 0 Å². The van der Waals surface area contributed by atoms with Crippen LogP contribution in [0.1, 0.15) is 11.1 Å². The number of rotatable bonds is 4. The number of carbonyl (C=O) groups excluding carboxylic acids is 1. The lowest BCUT2D eigenvalue weighted by molar-refractivity contribution is -0.120. The molecular formula is C17H15N3O. The molecule has 0 fully saturated rings. The van der Waals surface area contributed by atoms with Crippen molar-refractivity contribution in [3.05, 3.63) is 71.9 Å². The molecule has 3 rings (SSSR count). The van der Waals surface area contributed by atoms with E-state index in [0.29, 0.717) is 6.42 Å². The number of hydrogen-bond acceptors (Lipinski definition) is 2. The predicted octanol–water partition coefficient (Wildman–Crippen LogP) is 2.86. The number of hydrogen-bond donors (Lipinski definition) is 2. The van der Waals surface area contributed by atoms with Crippen molar-refractivity contribution in [1.82, 2.24) is 10.4 Å². The number of nitrogens with zero attached hydrogens (tertiary/aromatic N) is 1. The first-order valence-electron chi connectivity index (χ1n) is 6.75. The Morgan fingerprint density at radius 1 is 1.10 bits per heavy atom. The minimum absolute atomic E-state index is 0.132. The Labute approximate surface area is 122 Å². The van der Waals surface area contributed by atoms with Gasteiger partial charge < -0.3 is 4.98 Å². The molecule has 0 unspecified atom stereocenters. The summed E-state index contributed by atoms with van der Waals surface area (Å²) in [6, 6.07) is 17.6. The lowest BCUT2D eigenvalue weighted by Gasteiger charge is -1.99. The lowest BCUT2D eigenvalue weighted by atomic mass is 10.1. The number of fused-ring (bicyclic) bond motifs is 1. The molecule has 2 aromatic carbocycles. The van der Waals surface area contributed by atoms with E-state index in [0.717, 1.165) is 22.0 Å². The van der Waals surface area contributed by atoms with Crippen molar-refractivity contribution in [3.8, 4) is 0 Å². The van der Waals surface area contributed by atoms with Gasteiger partial charge in [-0.3, -0.25) is 4.79 Å². The Balaban J connectivity index is 1.63. The number of amides is 1. The van der Waals surface area contributed by atoms with Crippen molar-refractivity contribution >= 4 is 23.0 Å². The average Bonchev–Trinajstić information content (AvgIpc) is 2.92. The molecule has 0 radical (unpaired) electrons. The Kier molecular flexibility index (Phi) is 3.78. The second-order valence-corrected chi connectivity index (χ2v) is 4.74. The molecule has 1 aromatic heterocycles. The molecular weight excluding hydrogens is 262 g/mol. The number of hydrazone groups is 1. The number of aromatic amines is 1. The van der Waals surface area contributed by atoms with Crippen LogP contribution in [0.3, 0.4) is 0 Å². The van der Waals surface area contributed by atoms with Crippen molar-refractivity contribution in [2.45, 2.75) is 6.42 Å². The van der Waals surface area contributed by atoms with Crippen LogP contribution in [0.2, 0.25) is 0 Å². The summed E-state index contributed by atoms with van der Waals surface area (Å²) in [5.41, 5.74) is 5.51. The monoisotopic (exact) mass is 277 g/mol. The fourth-order valence-corrected chi connectivity index (χ4v) is 2.21. The van der Waals surface area contributed by atoms with E-state index in [1.165, 1.54) is 0 Å². The number of carbonyl (C=O) groups is 1. The maximum Gasteiger partial charge on any atom is 0.244 e. The summed E-state index contributed by atoms with van der Waals surface area (Å²) in [6.45, 7) is 0. The van der Waals surface area contributed by atoms with Crippen LogP contribution in [0.4, 0.5) is 0 Å². The van der Waals surface area contributed by atoms with Gasteiger partial charge in [-0.05, 0) is 17.2 Å². The van der Waals surface area contributed by atoms with E-state index < -0.39 is 0 Å². The zero-order chi connectivity index (χ0) is 14.5. The van der Waals surface area contributed by atoms with E-state index in [9.17, 15) is 4.79 Å². The molecule has 0 aliphatic rings. The summed E-state index contributed by atoms with van der Waals surface area (Å²) in [7, 11) is 0. The molecule has 0 spiro atoms. The van der Waals surface area contributed by atoms with E-state index in [4.69, 9.17) is 0 Å². The van der Waals surface area contributed by atoms with Gasteiger partial charge in [-0.1, -0.05) is 48.5 Å². The maximum atomic E-state index is 11.9. The fraction of sp³-hybridized carbons (Fsp3) is 0.0588. The standard InChI is InChI=1S/C17H15N3O/c21-17(20-19-11-13-6-2-1-3-7-13)10-14-12-18-16-9-5-4-8-15(14)16/h1-9,11-12,18H,10H2,(H,20,21). The second kappa shape index (κ2) is 6.05. The Bertz CT molecular complexity index is 775. The van der Waals surface area contributed by atoms with Crippen LogP contribution in [-0.2, 0) is 11.2 Å². The van der Waals surface area contributed by atoms with Gasteiger partial charge in [0, 0.05) is 17.1 Å². The summed E-state index contributed by atoms with van der Waals surface area (Å²) in [5, 5.41) is 5.04. The normalized spacial score (nSPS) is 11.0. The van der Waals surface area contributed by atoms with Gasteiger partial charge in [0.1, 0.15) is 0 Å². The summed E-state index contributed by atoms with van der Waals surface area (Å²) < 4.78 is 0. The van der Waals surface area contributed by atoms with Gasteiger partial charge in [0.2, 0.25) is 5.91 Å². The second-order valence-electron chi connectivity index (χ2n) is 4.74. The maximum absolute atomic E-state index is 11.9. The minimum atomic E-state index is -0.132.